The number of rotatable bonds is 4. The van der Waals surface area contributed by atoms with Crippen molar-refractivity contribution in [1.29, 1.82) is 0 Å². The molecule has 0 aliphatic carbocycles. The topological polar surface area (TPSA) is 45.3 Å². The van der Waals surface area contributed by atoms with E-state index >= 15 is 0 Å². The Bertz CT molecular complexity index is 569. The smallest absolute Gasteiger partial charge is 0.261 e. The molecule has 0 spiro atoms. The van der Waals surface area contributed by atoms with Crippen molar-refractivity contribution in [3.63, 3.8) is 0 Å². The van der Waals surface area contributed by atoms with Gasteiger partial charge in [0.15, 0.2) is 0 Å². The van der Waals surface area contributed by atoms with Gasteiger partial charge in [-0.15, -0.1) is 0 Å². The lowest BCUT2D eigenvalue weighted by molar-refractivity contribution is 0.0470. The highest BCUT2D eigenvalue weighted by molar-refractivity contribution is 5.99. The number of carbonyl (C=O) groups is 1. The maximum atomic E-state index is 13.0. The van der Waals surface area contributed by atoms with Gasteiger partial charge in [0.05, 0.1) is 14.2 Å². The van der Waals surface area contributed by atoms with Gasteiger partial charge in [-0.05, 0) is 45.1 Å². The van der Waals surface area contributed by atoms with Crippen LogP contribution in [0.15, 0.2) is 18.2 Å². The van der Waals surface area contributed by atoms with Crippen LogP contribution >= 0.6 is 0 Å². The Morgan fingerprint density at radius 2 is 1.52 bits per heavy atom. The number of likely N-dealkylation sites (tertiary alicyclic amines) is 1. The molecule has 2 aliphatic rings. The fraction of sp³-hybridized carbons (Fsp3) is 0.632. The summed E-state index contributed by atoms with van der Waals surface area (Å²) in [5.41, 5.74) is 0.528. The molecule has 3 rings (SSSR count). The van der Waals surface area contributed by atoms with E-state index in [0.717, 1.165) is 26.2 Å². The number of benzene rings is 1. The van der Waals surface area contributed by atoms with Gasteiger partial charge < -0.3 is 19.3 Å². The summed E-state index contributed by atoms with van der Waals surface area (Å²) in [5, 5.41) is 0. The molecule has 0 atom stereocenters. The number of amides is 1. The zero-order valence-electron chi connectivity index (χ0n) is 15.5. The number of nitrogens with zero attached hydrogens (tertiary/aromatic N) is 3. The van der Waals surface area contributed by atoms with E-state index in [1.807, 2.05) is 23.1 Å². The first-order chi connectivity index (χ1) is 12.1. The molecule has 138 valence electrons. The Hall–Kier alpha value is -1.79. The van der Waals surface area contributed by atoms with Gasteiger partial charge in [-0.3, -0.25) is 9.69 Å². The molecule has 0 N–H and O–H groups in total. The van der Waals surface area contributed by atoms with Crippen molar-refractivity contribution in [2.45, 2.75) is 18.9 Å². The van der Waals surface area contributed by atoms with Crippen LogP contribution in [0.1, 0.15) is 23.2 Å². The van der Waals surface area contributed by atoms with Crippen molar-refractivity contribution in [3.05, 3.63) is 23.8 Å². The molecule has 1 aromatic rings. The standard InChI is InChI=1S/C19H29N3O3/c1-20-9-7-15(8-10-20)21-11-13-22(14-12-21)19(23)18-16(24-2)5-4-6-17(18)25-3/h4-6,15H,7-14H2,1-3H3. The summed E-state index contributed by atoms with van der Waals surface area (Å²) in [4.78, 5) is 19.9. The number of methoxy groups -OCH3 is 2. The van der Waals surface area contributed by atoms with Crippen LogP contribution in [0.5, 0.6) is 11.5 Å². The van der Waals surface area contributed by atoms with E-state index in [1.54, 1.807) is 14.2 Å². The van der Waals surface area contributed by atoms with Gasteiger partial charge >= 0.3 is 0 Å². The predicted molar refractivity (Wildman–Crippen MR) is 97.5 cm³/mol. The monoisotopic (exact) mass is 347 g/mol. The minimum Gasteiger partial charge on any atom is -0.496 e. The quantitative estimate of drug-likeness (QED) is 0.827. The molecule has 0 saturated carbocycles. The molecule has 0 radical (unpaired) electrons. The number of hydrogen-bond donors (Lipinski definition) is 0. The fourth-order valence-electron chi connectivity index (χ4n) is 3.87. The van der Waals surface area contributed by atoms with Gasteiger partial charge in [0.1, 0.15) is 17.1 Å². The van der Waals surface area contributed by atoms with Crippen LogP contribution in [0, 0.1) is 0 Å². The average Bonchev–Trinajstić information content (AvgIpc) is 2.67. The lowest BCUT2D eigenvalue weighted by atomic mass is 10.0. The largest absolute Gasteiger partial charge is 0.496 e. The summed E-state index contributed by atoms with van der Waals surface area (Å²) in [5.74, 6) is 1.14. The van der Waals surface area contributed by atoms with Gasteiger partial charge in [-0.25, -0.2) is 0 Å². The first-order valence-electron chi connectivity index (χ1n) is 9.07. The molecule has 0 unspecified atom stereocenters. The van der Waals surface area contributed by atoms with E-state index in [-0.39, 0.29) is 5.91 Å². The minimum absolute atomic E-state index is 0.00247. The van der Waals surface area contributed by atoms with Crippen molar-refractivity contribution in [2.75, 3.05) is 60.5 Å². The van der Waals surface area contributed by atoms with Crippen molar-refractivity contribution in [1.82, 2.24) is 14.7 Å². The lowest BCUT2D eigenvalue weighted by Crippen LogP contribution is -2.54. The summed E-state index contributed by atoms with van der Waals surface area (Å²) >= 11 is 0. The first kappa shape index (κ1) is 18.0. The molecule has 0 aromatic heterocycles. The summed E-state index contributed by atoms with van der Waals surface area (Å²) in [7, 11) is 5.36. The van der Waals surface area contributed by atoms with Gasteiger partial charge in [0, 0.05) is 32.2 Å². The lowest BCUT2D eigenvalue weighted by Gasteiger charge is -2.42. The summed E-state index contributed by atoms with van der Waals surface area (Å²) in [6.45, 7) is 5.73. The Morgan fingerprint density at radius 3 is 2.04 bits per heavy atom. The van der Waals surface area contributed by atoms with Crippen LogP contribution in [0.2, 0.25) is 0 Å². The Kier molecular flexibility index (Phi) is 5.81. The second kappa shape index (κ2) is 8.06. The zero-order chi connectivity index (χ0) is 17.8. The molecule has 2 heterocycles. The van der Waals surface area contributed by atoms with Crippen LogP contribution in [0.4, 0.5) is 0 Å². The molecule has 0 bridgehead atoms. The Morgan fingerprint density at radius 1 is 0.960 bits per heavy atom. The number of carbonyl (C=O) groups excluding carboxylic acids is 1. The molecule has 1 aromatic carbocycles. The highest BCUT2D eigenvalue weighted by Gasteiger charge is 2.30. The highest BCUT2D eigenvalue weighted by atomic mass is 16.5. The van der Waals surface area contributed by atoms with Crippen LogP contribution in [-0.4, -0.2) is 87.2 Å². The third-order valence-corrected chi connectivity index (χ3v) is 5.45. The van der Waals surface area contributed by atoms with Gasteiger partial charge in [0.25, 0.3) is 5.91 Å². The van der Waals surface area contributed by atoms with E-state index in [0.29, 0.717) is 23.1 Å². The maximum absolute atomic E-state index is 13.0. The van der Waals surface area contributed by atoms with E-state index in [9.17, 15) is 4.79 Å². The fourth-order valence-corrected chi connectivity index (χ4v) is 3.87. The molecular weight excluding hydrogens is 318 g/mol. The summed E-state index contributed by atoms with van der Waals surface area (Å²) in [6, 6.07) is 6.12. The van der Waals surface area contributed by atoms with Crippen LogP contribution < -0.4 is 9.47 Å². The number of piperazine rings is 1. The van der Waals surface area contributed by atoms with Crippen molar-refractivity contribution >= 4 is 5.91 Å². The first-order valence-corrected chi connectivity index (χ1v) is 9.07. The Labute approximate surface area is 150 Å². The number of hydrogen-bond acceptors (Lipinski definition) is 5. The SMILES string of the molecule is COc1cccc(OC)c1C(=O)N1CCN(C2CCN(C)CC2)CC1. The van der Waals surface area contributed by atoms with E-state index in [4.69, 9.17) is 9.47 Å². The van der Waals surface area contributed by atoms with Crippen molar-refractivity contribution in [2.24, 2.45) is 0 Å². The molecule has 2 fully saturated rings. The van der Waals surface area contributed by atoms with Crippen LogP contribution in [0.3, 0.4) is 0 Å². The third-order valence-electron chi connectivity index (χ3n) is 5.45. The molecule has 2 aliphatic heterocycles. The maximum Gasteiger partial charge on any atom is 0.261 e. The molecule has 25 heavy (non-hydrogen) atoms. The molecule has 2 saturated heterocycles. The minimum atomic E-state index is -0.00247. The Balaban J connectivity index is 1.64. The zero-order valence-corrected chi connectivity index (χ0v) is 15.5. The second-order valence-corrected chi connectivity index (χ2v) is 6.90. The van der Waals surface area contributed by atoms with Crippen LogP contribution in [0.25, 0.3) is 0 Å². The van der Waals surface area contributed by atoms with E-state index in [1.165, 1.54) is 25.9 Å². The third kappa shape index (κ3) is 3.90. The summed E-state index contributed by atoms with van der Waals surface area (Å²) < 4.78 is 10.8. The number of ether oxygens (including phenoxy) is 2. The molecular formula is C19H29N3O3. The van der Waals surface area contributed by atoms with Crippen molar-refractivity contribution in [3.8, 4) is 11.5 Å². The molecule has 6 nitrogen and oxygen atoms in total. The van der Waals surface area contributed by atoms with Gasteiger partial charge in [-0.2, -0.15) is 0 Å². The normalized spacial score (nSPS) is 20.5. The second-order valence-electron chi connectivity index (χ2n) is 6.90. The van der Waals surface area contributed by atoms with Gasteiger partial charge in [0.2, 0.25) is 0 Å². The van der Waals surface area contributed by atoms with E-state index < -0.39 is 0 Å². The predicted octanol–water partition coefficient (Wildman–Crippen LogP) is 1.56. The van der Waals surface area contributed by atoms with Crippen LogP contribution in [-0.2, 0) is 0 Å². The number of piperidine rings is 1. The van der Waals surface area contributed by atoms with Crippen molar-refractivity contribution < 1.29 is 14.3 Å². The highest BCUT2D eigenvalue weighted by Crippen LogP contribution is 2.30. The van der Waals surface area contributed by atoms with E-state index in [2.05, 4.69) is 16.8 Å². The summed E-state index contributed by atoms with van der Waals surface area (Å²) in [6.07, 6.45) is 2.45. The average molecular weight is 347 g/mol. The molecule has 6 heteroatoms. The molecule has 1 amide bonds. The van der Waals surface area contributed by atoms with Gasteiger partial charge in [-0.1, -0.05) is 6.07 Å².